The molecule has 37 heavy (non-hydrogen) atoms. The number of nitrogen functional groups attached to an aromatic ring is 1. The third-order valence-corrected chi connectivity index (χ3v) is 7.93. The van der Waals surface area contributed by atoms with E-state index in [1.54, 1.807) is 35.2 Å². The van der Waals surface area contributed by atoms with Gasteiger partial charge in [0.25, 0.3) is 11.8 Å². The summed E-state index contributed by atoms with van der Waals surface area (Å²) in [6, 6.07) is 5.90. The van der Waals surface area contributed by atoms with Gasteiger partial charge in [0.2, 0.25) is 0 Å². The number of carbonyl (C=O) groups is 3. The Kier molecular flexibility index (Phi) is 6.43. The Labute approximate surface area is 218 Å². The first kappa shape index (κ1) is 24.5. The Morgan fingerprint density at radius 3 is 2.92 bits per heavy atom. The number of nitrogens with one attached hydrogen (secondary N) is 1. The summed E-state index contributed by atoms with van der Waals surface area (Å²) in [7, 11) is 1.27. The van der Waals surface area contributed by atoms with Gasteiger partial charge in [0.15, 0.2) is 29.8 Å². The number of pyridine rings is 1. The summed E-state index contributed by atoms with van der Waals surface area (Å²) in [6.45, 7) is 0.200. The highest BCUT2D eigenvalue weighted by Crippen LogP contribution is 2.40. The third kappa shape index (κ3) is 4.44. The van der Waals surface area contributed by atoms with E-state index in [0.29, 0.717) is 16.7 Å². The molecule has 190 valence electrons. The molecule has 0 saturated carbocycles. The molecule has 5 rings (SSSR count). The maximum atomic E-state index is 13.0. The number of amides is 2. The number of anilines is 1. The summed E-state index contributed by atoms with van der Waals surface area (Å²) in [6.07, 6.45) is 3.51. The molecule has 4 heterocycles. The van der Waals surface area contributed by atoms with Gasteiger partial charge in [-0.3, -0.25) is 14.5 Å². The van der Waals surface area contributed by atoms with Crippen molar-refractivity contribution in [2.24, 2.45) is 5.16 Å². The summed E-state index contributed by atoms with van der Waals surface area (Å²) < 4.78 is 1.78. The summed E-state index contributed by atoms with van der Waals surface area (Å²) in [5.74, 6) is -2.31. The van der Waals surface area contributed by atoms with Gasteiger partial charge in [0.1, 0.15) is 30.0 Å². The minimum atomic E-state index is -1.47. The Morgan fingerprint density at radius 2 is 2.22 bits per heavy atom. The lowest BCUT2D eigenvalue weighted by atomic mass is 10.0. The van der Waals surface area contributed by atoms with E-state index >= 15 is 0 Å². The molecule has 0 bridgehead atoms. The van der Waals surface area contributed by atoms with E-state index in [1.165, 1.54) is 24.3 Å². The standard InChI is InChI=1S/C23H20N6O6S2/c1-35-27-16(14-10-37-23(24)25-14)19(31)26-17-20(32)29-18(22(33)34)12(9-36-21(17)29)8-28-6-5-13-11(7-28)3-2-4-15(13)30/h2-7,10,17,21H,8-9H2,1H3,(H4-,24,25,26,30,31,33,34)/b27-16-/t17?,21-/m1/s1. The van der Waals surface area contributed by atoms with E-state index < -0.39 is 29.2 Å². The SMILES string of the molecule is CO/N=C(\C(=O)NC1C(=O)N2C(C(=O)[O-])=C(C[n+]3ccc4c(O)cccc4c3)CS[C@H]12)c1csc(N)n1. The molecule has 12 nitrogen and oxygen atoms in total. The van der Waals surface area contributed by atoms with Crippen molar-refractivity contribution in [1.29, 1.82) is 0 Å². The fraction of sp³-hybridized carbons (Fsp3) is 0.217. The number of aromatic nitrogens is 2. The van der Waals surface area contributed by atoms with Gasteiger partial charge in [-0.2, -0.15) is 0 Å². The molecule has 0 spiro atoms. The second-order valence-electron chi connectivity index (χ2n) is 8.19. The summed E-state index contributed by atoms with van der Waals surface area (Å²) in [4.78, 5) is 47.9. The van der Waals surface area contributed by atoms with Gasteiger partial charge in [-0.15, -0.1) is 23.1 Å². The van der Waals surface area contributed by atoms with Crippen molar-refractivity contribution in [2.75, 3.05) is 18.6 Å². The van der Waals surface area contributed by atoms with E-state index in [1.807, 2.05) is 6.07 Å². The first-order valence-electron chi connectivity index (χ1n) is 10.9. The number of nitrogens with zero attached hydrogens (tertiary/aromatic N) is 4. The molecule has 2 aromatic heterocycles. The topological polar surface area (TPSA) is 174 Å². The molecule has 2 atom stereocenters. The highest BCUT2D eigenvalue weighted by molar-refractivity contribution is 8.00. The number of aliphatic carboxylic acids is 1. The van der Waals surface area contributed by atoms with Gasteiger partial charge in [-0.1, -0.05) is 11.2 Å². The predicted octanol–water partition coefficient (Wildman–Crippen LogP) is -0.674. The van der Waals surface area contributed by atoms with Crippen LogP contribution in [0.5, 0.6) is 5.75 Å². The molecule has 4 N–H and O–H groups in total. The van der Waals surface area contributed by atoms with Crippen LogP contribution in [0.2, 0.25) is 0 Å². The average molecular weight is 541 g/mol. The molecule has 1 fully saturated rings. The van der Waals surface area contributed by atoms with Crippen LogP contribution in [-0.4, -0.2) is 62.8 Å². The number of phenols is 1. The van der Waals surface area contributed by atoms with Crippen LogP contribution in [-0.2, 0) is 25.8 Å². The quantitative estimate of drug-likeness (QED) is 0.152. The van der Waals surface area contributed by atoms with Crippen LogP contribution >= 0.6 is 23.1 Å². The number of carboxylic acid groups (broad SMARTS) is 1. The van der Waals surface area contributed by atoms with Crippen molar-refractivity contribution in [3.05, 3.63) is 59.0 Å². The van der Waals surface area contributed by atoms with Crippen LogP contribution in [0.4, 0.5) is 5.13 Å². The molecule has 1 saturated heterocycles. The number of phenolic OH excluding ortho intramolecular Hbond substituents is 1. The summed E-state index contributed by atoms with van der Waals surface area (Å²) >= 11 is 2.45. The van der Waals surface area contributed by atoms with Crippen LogP contribution in [0.25, 0.3) is 10.8 Å². The van der Waals surface area contributed by atoms with Crippen molar-refractivity contribution in [1.82, 2.24) is 15.2 Å². The molecule has 0 aliphatic carbocycles. The van der Waals surface area contributed by atoms with Crippen molar-refractivity contribution in [2.45, 2.75) is 18.0 Å². The fourth-order valence-electron chi connectivity index (χ4n) is 4.27. The lowest BCUT2D eigenvalue weighted by molar-refractivity contribution is -0.687. The predicted molar refractivity (Wildman–Crippen MR) is 133 cm³/mol. The number of β-lactam (4-membered cyclic amide) rings is 1. The minimum Gasteiger partial charge on any atom is -0.543 e. The van der Waals surface area contributed by atoms with Gasteiger partial charge < -0.3 is 30.9 Å². The van der Waals surface area contributed by atoms with Crippen molar-refractivity contribution < 1.29 is 34.0 Å². The van der Waals surface area contributed by atoms with E-state index in [4.69, 9.17) is 10.6 Å². The van der Waals surface area contributed by atoms with E-state index in [0.717, 1.165) is 21.6 Å². The number of nitrogens with two attached hydrogens (primary N) is 1. The second kappa shape index (κ2) is 9.71. The zero-order chi connectivity index (χ0) is 26.3. The Morgan fingerprint density at radius 1 is 1.41 bits per heavy atom. The number of carboxylic acids is 1. The number of rotatable bonds is 7. The maximum Gasteiger partial charge on any atom is 0.276 e. The summed E-state index contributed by atoms with van der Waals surface area (Å²) in [5, 5.41) is 31.0. The summed E-state index contributed by atoms with van der Waals surface area (Å²) in [5.41, 5.74) is 5.96. The molecular weight excluding hydrogens is 520 g/mol. The van der Waals surface area contributed by atoms with Gasteiger partial charge in [0.05, 0.1) is 11.7 Å². The lowest BCUT2D eigenvalue weighted by Crippen LogP contribution is -2.71. The number of fused-ring (bicyclic) bond motifs is 2. The van der Waals surface area contributed by atoms with Gasteiger partial charge in [0, 0.05) is 33.5 Å². The van der Waals surface area contributed by atoms with Crippen LogP contribution in [0.1, 0.15) is 5.69 Å². The van der Waals surface area contributed by atoms with E-state index in [2.05, 4.69) is 15.5 Å². The Bertz CT molecular complexity index is 1500. The molecule has 14 heteroatoms. The monoisotopic (exact) mass is 540 g/mol. The normalized spacial score (nSPS) is 19.4. The zero-order valence-corrected chi connectivity index (χ0v) is 20.9. The number of hydrogen-bond acceptors (Lipinski definition) is 11. The van der Waals surface area contributed by atoms with Crippen LogP contribution < -0.4 is 20.7 Å². The van der Waals surface area contributed by atoms with Crippen molar-refractivity contribution in [3.8, 4) is 5.75 Å². The number of aromatic hydroxyl groups is 1. The van der Waals surface area contributed by atoms with E-state index in [9.17, 15) is 24.6 Å². The molecule has 3 aromatic rings. The van der Waals surface area contributed by atoms with Crippen LogP contribution in [0, 0.1) is 0 Å². The third-order valence-electron chi connectivity index (χ3n) is 5.92. The number of hydrogen-bond donors (Lipinski definition) is 3. The molecular formula is C23H20N6O6S2. The molecule has 2 amide bonds. The lowest BCUT2D eigenvalue weighted by Gasteiger charge is -2.50. The molecule has 2 aliphatic heterocycles. The minimum absolute atomic E-state index is 0.145. The van der Waals surface area contributed by atoms with Crippen LogP contribution in [0.3, 0.4) is 0 Å². The first-order chi connectivity index (χ1) is 17.8. The maximum absolute atomic E-state index is 13.0. The van der Waals surface area contributed by atoms with Crippen LogP contribution in [0.15, 0.2) is 58.5 Å². The zero-order valence-electron chi connectivity index (χ0n) is 19.3. The Hall–Kier alpha value is -4.17. The van der Waals surface area contributed by atoms with Gasteiger partial charge in [-0.05, 0) is 12.1 Å². The highest BCUT2D eigenvalue weighted by atomic mass is 32.2. The number of carbonyl (C=O) groups excluding carboxylic acids is 3. The highest BCUT2D eigenvalue weighted by Gasteiger charge is 2.53. The number of oxime groups is 1. The van der Waals surface area contributed by atoms with Crippen molar-refractivity contribution in [3.63, 3.8) is 0 Å². The molecule has 0 radical (unpaired) electrons. The smallest absolute Gasteiger partial charge is 0.276 e. The number of thioether (sulfide) groups is 1. The number of thiazole rings is 1. The van der Waals surface area contributed by atoms with Crippen molar-refractivity contribution >= 4 is 62.5 Å². The Balaban J connectivity index is 1.36. The van der Waals surface area contributed by atoms with E-state index in [-0.39, 0.29) is 34.5 Å². The largest absolute Gasteiger partial charge is 0.543 e. The molecule has 2 aliphatic rings. The second-order valence-corrected chi connectivity index (χ2v) is 10.2. The average Bonchev–Trinajstić information content (AvgIpc) is 3.31. The van der Waals surface area contributed by atoms with Gasteiger partial charge in [-0.25, -0.2) is 9.55 Å². The molecule has 1 aromatic carbocycles. The fourth-order valence-corrected chi connectivity index (χ4v) is 6.15. The molecule has 1 unspecified atom stereocenters. The number of benzene rings is 1. The first-order valence-corrected chi connectivity index (χ1v) is 12.8. The van der Waals surface area contributed by atoms with Gasteiger partial charge >= 0.3 is 0 Å².